The fourth-order valence-corrected chi connectivity index (χ4v) is 10.4. The van der Waals surface area contributed by atoms with Crippen LogP contribution < -0.4 is 30.7 Å². The highest BCUT2D eigenvalue weighted by Crippen LogP contribution is 2.49. The van der Waals surface area contributed by atoms with Crippen molar-refractivity contribution in [3.8, 4) is 0 Å². The number of hydrogen-bond acceptors (Lipinski definition) is 10. The third kappa shape index (κ3) is 7.62. The Bertz CT molecular complexity index is 2440. The summed E-state index contributed by atoms with van der Waals surface area (Å²) in [5, 5.41) is 16.7. The van der Waals surface area contributed by atoms with Gasteiger partial charge in [-0.05, 0) is 98.8 Å². The number of nitrogens with one attached hydrogen (secondary N) is 3. The van der Waals surface area contributed by atoms with Crippen molar-refractivity contribution in [2.75, 3.05) is 72.9 Å². The van der Waals surface area contributed by atoms with Gasteiger partial charge in [0, 0.05) is 117 Å². The zero-order valence-electron chi connectivity index (χ0n) is 35.3. The van der Waals surface area contributed by atoms with E-state index in [1.807, 2.05) is 41.9 Å². The normalized spacial score (nSPS) is 23.8. The Morgan fingerprint density at radius 1 is 0.918 bits per heavy atom. The molecular formula is C47H56ClF2N11. The van der Waals surface area contributed by atoms with Gasteiger partial charge in [0.1, 0.15) is 5.02 Å². The highest BCUT2D eigenvalue weighted by Gasteiger charge is 2.50. The Morgan fingerprint density at radius 2 is 1.70 bits per heavy atom. The molecule has 2 unspecified atom stereocenters. The maximum atomic E-state index is 15.4. The average molecular weight is 848 g/mol. The number of alkyl halides is 2. The van der Waals surface area contributed by atoms with Crippen LogP contribution in [0.5, 0.6) is 0 Å². The van der Waals surface area contributed by atoms with Crippen molar-refractivity contribution in [1.82, 2.24) is 35.3 Å². The van der Waals surface area contributed by atoms with Crippen molar-refractivity contribution >= 4 is 57.0 Å². The number of aryl methyl sites for hydroxylation is 1. The molecule has 11 nitrogen and oxygen atoms in total. The Hall–Kier alpha value is -5.14. The van der Waals surface area contributed by atoms with Gasteiger partial charge in [-0.15, -0.1) is 0 Å². The van der Waals surface area contributed by atoms with E-state index in [4.69, 9.17) is 21.7 Å². The van der Waals surface area contributed by atoms with Gasteiger partial charge in [0.2, 0.25) is 5.95 Å². The van der Waals surface area contributed by atoms with Crippen LogP contribution in [0.15, 0.2) is 85.0 Å². The molecule has 5 aliphatic heterocycles. The quantitative estimate of drug-likeness (QED) is 0.160. The summed E-state index contributed by atoms with van der Waals surface area (Å²) in [6, 6.07) is 11.9. The van der Waals surface area contributed by atoms with Crippen LogP contribution in [0, 0.1) is 11.8 Å². The lowest BCUT2D eigenvalue weighted by molar-refractivity contribution is -0.0441. The number of likely N-dealkylation sites (N-methyl/N-ethyl adjacent to an activating group) is 1. The Labute approximate surface area is 362 Å². The molecule has 0 amide bonds. The minimum absolute atomic E-state index is 0.0124. The highest BCUT2D eigenvalue weighted by molar-refractivity contribution is 6.32. The van der Waals surface area contributed by atoms with Crippen molar-refractivity contribution < 1.29 is 8.78 Å². The van der Waals surface area contributed by atoms with Gasteiger partial charge in [0.15, 0.2) is 5.82 Å². The van der Waals surface area contributed by atoms with Crippen LogP contribution in [0.25, 0.3) is 16.6 Å². The van der Waals surface area contributed by atoms with Crippen LogP contribution in [-0.4, -0.2) is 89.5 Å². The molecule has 3 saturated heterocycles. The lowest BCUT2D eigenvalue weighted by atomic mass is 9.90. The first-order valence-corrected chi connectivity index (χ1v) is 22.3. The minimum atomic E-state index is -2.79. The third-order valence-corrected chi connectivity index (χ3v) is 14.3. The molecule has 1 saturated carbocycles. The smallest absolute Gasteiger partial charge is 0.268 e. The monoisotopic (exact) mass is 847 g/mol. The minimum Gasteiger partial charge on any atom is -0.375 e. The lowest BCUT2D eigenvalue weighted by Crippen LogP contribution is -2.49. The maximum Gasteiger partial charge on any atom is 0.268 e. The van der Waals surface area contributed by atoms with E-state index >= 15 is 8.78 Å². The first-order chi connectivity index (χ1) is 29.4. The van der Waals surface area contributed by atoms with E-state index in [1.165, 1.54) is 11.1 Å². The number of aromatic nitrogens is 4. The van der Waals surface area contributed by atoms with Gasteiger partial charge in [0.05, 0.1) is 29.1 Å². The number of halogens is 3. The van der Waals surface area contributed by atoms with Crippen LogP contribution >= 0.6 is 11.6 Å². The molecule has 10 rings (SSSR count). The van der Waals surface area contributed by atoms with Crippen LogP contribution in [0.3, 0.4) is 0 Å². The second-order valence-corrected chi connectivity index (χ2v) is 18.5. The number of rotatable bonds is 8. The van der Waals surface area contributed by atoms with Crippen LogP contribution in [0.2, 0.25) is 5.02 Å². The molecule has 2 aromatic heterocycles. The number of piperazine rings is 1. The van der Waals surface area contributed by atoms with Crippen molar-refractivity contribution in [3.05, 3.63) is 101 Å². The van der Waals surface area contributed by atoms with Gasteiger partial charge >= 0.3 is 0 Å². The topological polar surface area (TPSA) is 92.7 Å². The molecular weight excluding hydrogens is 792 g/mol. The Morgan fingerprint density at radius 3 is 2.46 bits per heavy atom. The molecule has 7 heterocycles. The van der Waals surface area contributed by atoms with Gasteiger partial charge < -0.3 is 30.7 Å². The number of allylic oxidation sites excluding steroid dienone is 3. The number of fused-ring (bicyclic) bond motifs is 3. The van der Waals surface area contributed by atoms with Crippen LogP contribution in [0.4, 0.5) is 37.6 Å². The highest BCUT2D eigenvalue weighted by atomic mass is 35.5. The molecule has 0 spiro atoms. The van der Waals surface area contributed by atoms with Crippen molar-refractivity contribution in [2.24, 2.45) is 18.9 Å². The summed E-state index contributed by atoms with van der Waals surface area (Å²) in [5.74, 6) is -0.823. The van der Waals surface area contributed by atoms with E-state index < -0.39 is 12.0 Å². The molecule has 0 radical (unpaired) electrons. The standard InChI is InChI=1S/C47H56ClF2N11/c1-28-6-11-35(29(2)52-28)43-37-12-10-34(25-41(37)58(5)56-43)60-22-20-59(21-23-60)27-31-15-18-61(19-16-31)46-51-26-39(48)45(55-46)53-33-9-13-40-38(24-33)42-36(30(3)57(40)4)14-17-47(49,50)44(54-42)32-7-8-32/h9-10,12-13,24-26,31-32,35,44,52,54H,1-3,6-8,11,14-23,27H2,4-5H3,(H,51,53,55). The van der Waals surface area contributed by atoms with E-state index in [0.717, 1.165) is 141 Å². The number of nitrogens with zero attached hydrogens (tertiary/aromatic N) is 8. The fraction of sp³-hybridized carbons (Fsp3) is 0.468. The zero-order valence-corrected chi connectivity index (χ0v) is 36.0. The van der Waals surface area contributed by atoms with Crippen molar-refractivity contribution in [3.63, 3.8) is 0 Å². The van der Waals surface area contributed by atoms with E-state index in [0.29, 0.717) is 22.7 Å². The number of anilines is 5. The first-order valence-electron chi connectivity index (χ1n) is 22.0. The van der Waals surface area contributed by atoms with E-state index in [1.54, 1.807) is 6.20 Å². The Balaban J connectivity index is 0.753. The molecule has 2 atom stereocenters. The molecule has 0 bridgehead atoms. The van der Waals surface area contributed by atoms with Gasteiger partial charge in [0.25, 0.3) is 5.92 Å². The first kappa shape index (κ1) is 40.0. The molecule has 4 fully saturated rings. The van der Waals surface area contributed by atoms with Gasteiger partial charge in [-0.3, -0.25) is 9.58 Å². The summed E-state index contributed by atoms with van der Waals surface area (Å²) in [6.45, 7) is 19.6. The second-order valence-electron chi connectivity index (χ2n) is 18.1. The van der Waals surface area contributed by atoms with Gasteiger partial charge in [-0.25, -0.2) is 13.8 Å². The average Bonchev–Trinajstić information content (AvgIpc) is 4.06. The summed E-state index contributed by atoms with van der Waals surface area (Å²) in [7, 11) is 3.99. The summed E-state index contributed by atoms with van der Waals surface area (Å²) >= 11 is 6.70. The predicted octanol–water partition coefficient (Wildman–Crippen LogP) is 8.77. The fourth-order valence-electron chi connectivity index (χ4n) is 10.3. The van der Waals surface area contributed by atoms with Crippen molar-refractivity contribution in [1.29, 1.82) is 0 Å². The largest absolute Gasteiger partial charge is 0.375 e. The molecule has 6 aliphatic rings. The molecule has 320 valence electrons. The summed E-state index contributed by atoms with van der Waals surface area (Å²) in [4.78, 5) is 18.9. The SMILES string of the molecule is C=C1CCC(c2nn(C)c3cc(N4CCN(CC5CCN(c6ncc(Cl)c(Nc7ccc8c(c7)C7=C(CCC(F)(F)C(C9CC9)N7)C(=C)N8C)n6)CC5)CC4)ccc23)C(=C)N1. The molecule has 61 heavy (non-hydrogen) atoms. The van der Waals surface area contributed by atoms with E-state index in [-0.39, 0.29) is 24.7 Å². The van der Waals surface area contributed by atoms with Gasteiger partial charge in [-0.2, -0.15) is 10.1 Å². The number of benzene rings is 2. The van der Waals surface area contributed by atoms with Crippen LogP contribution in [-0.2, 0) is 7.05 Å². The molecule has 4 aromatic rings. The predicted molar refractivity (Wildman–Crippen MR) is 243 cm³/mol. The second kappa shape index (κ2) is 15.6. The van der Waals surface area contributed by atoms with Crippen LogP contribution in [0.1, 0.15) is 68.5 Å². The maximum absolute atomic E-state index is 15.4. The van der Waals surface area contributed by atoms with Crippen molar-refractivity contribution in [2.45, 2.75) is 69.2 Å². The number of hydrogen-bond donors (Lipinski definition) is 3. The lowest BCUT2D eigenvalue weighted by Gasteiger charge is -2.39. The molecule has 3 N–H and O–H groups in total. The summed E-state index contributed by atoms with van der Waals surface area (Å²) < 4.78 is 32.8. The summed E-state index contributed by atoms with van der Waals surface area (Å²) in [6.07, 6.45) is 7.46. The van der Waals surface area contributed by atoms with E-state index in [9.17, 15) is 0 Å². The number of piperidine rings is 2. The molecule has 1 aliphatic carbocycles. The molecule has 2 aromatic carbocycles. The van der Waals surface area contributed by atoms with E-state index in [2.05, 4.69) is 73.6 Å². The molecule has 14 heteroatoms. The third-order valence-electron chi connectivity index (χ3n) is 14.1. The zero-order chi connectivity index (χ0) is 42.2. The van der Waals surface area contributed by atoms with Gasteiger partial charge in [-0.1, -0.05) is 31.3 Å². The summed E-state index contributed by atoms with van der Waals surface area (Å²) in [5.41, 5.74) is 10.5. The Kier molecular flexibility index (Phi) is 10.2.